The Kier molecular flexibility index (Phi) is 7.69. The maximum atomic E-state index is 13.6. The van der Waals surface area contributed by atoms with Crippen molar-refractivity contribution in [1.29, 1.82) is 0 Å². The van der Waals surface area contributed by atoms with Crippen molar-refractivity contribution in [2.45, 2.75) is 63.4 Å². The molecule has 4 rings (SSSR count). The van der Waals surface area contributed by atoms with Gasteiger partial charge < -0.3 is 24.6 Å². The molecule has 0 spiro atoms. The van der Waals surface area contributed by atoms with E-state index in [4.69, 9.17) is 9.47 Å². The van der Waals surface area contributed by atoms with E-state index in [9.17, 15) is 18.0 Å². The third-order valence-electron chi connectivity index (χ3n) is 7.71. The third kappa shape index (κ3) is 5.33. The number of carbonyl (C=O) groups is 1. The molecule has 1 aromatic heterocycles. The maximum Gasteiger partial charge on any atom is 0.433 e. The molecule has 0 aromatic carbocycles. The molecule has 10 heteroatoms. The number of aromatic nitrogens is 1. The monoisotopic (exact) mass is 484 g/mol. The summed E-state index contributed by atoms with van der Waals surface area (Å²) in [6.45, 7) is 5.30. The van der Waals surface area contributed by atoms with Gasteiger partial charge in [-0.2, -0.15) is 13.2 Å². The van der Waals surface area contributed by atoms with E-state index >= 15 is 0 Å². The summed E-state index contributed by atoms with van der Waals surface area (Å²) in [6, 6.07) is 4.45. The number of nitrogens with one attached hydrogen (secondary N) is 1. The van der Waals surface area contributed by atoms with Gasteiger partial charge in [-0.3, -0.25) is 4.79 Å². The normalized spacial score (nSPS) is 30.6. The van der Waals surface area contributed by atoms with E-state index in [-0.39, 0.29) is 29.5 Å². The molecule has 7 nitrogen and oxygen atoms in total. The van der Waals surface area contributed by atoms with E-state index in [0.717, 1.165) is 38.2 Å². The Hall–Kier alpha value is -1.91. The lowest BCUT2D eigenvalue weighted by molar-refractivity contribution is -0.142. The fraction of sp³-hybridized carbons (Fsp3) is 0.750. The second-order valence-corrected chi connectivity index (χ2v) is 9.64. The van der Waals surface area contributed by atoms with Crippen molar-refractivity contribution < 1.29 is 27.4 Å². The summed E-state index contributed by atoms with van der Waals surface area (Å²) in [5.41, 5.74) is -1.28. The number of ether oxygens (including phenoxy) is 2. The second kappa shape index (κ2) is 10.4. The van der Waals surface area contributed by atoms with Crippen LogP contribution in [-0.2, 0) is 20.4 Å². The average Bonchev–Trinajstić information content (AvgIpc) is 3.28. The van der Waals surface area contributed by atoms with Gasteiger partial charge in [0.05, 0.1) is 18.1 Å². The first-order chi connectivity index (χ1) is 16.3. The van der Waals surface area contributed by atoms with E-state index in [2.05, 4.69) is 17.2 Å². The number of amides is 1. The summed E-state index contributed by atoms with van der Waals surface area (Å²) >= 11 is 0. The zero-order chi connectivity index (χ0) is 24.3. The quantitative estimate of drug-likeness (QED) is 0.670. The standard InChI is InChI=1S/C24H35F3N4O3/c1-3-23(9-7-17(15-23)28-18-8-14-34-16-19(18)33-2)22(32)31-12-10-30(11-13-31)21-6-4-5-20(29-21)24(25,26)27/h4-6,17-19,28H,3,7-16H2,1-2H3/t17-,18?,19+,23?/m0/s1. The van der Waals surface area contributed by atoms with Crippen LogP contribution in [0.2, 0.25) is 0 Å². The van der Waals surface area contributed by atoms with Crippen molar-refractivity contribution in [1.82, 2.24) is 15.2 Å². The van der Waals surface area contributed by atoms with Crippen LogP contribution in [0, 0.1) is 5.41 Å². The Bertz CT molecular complexity index is 847. The number of hydrogen-bond acceptors (Lipinski definition) is 6. The number of halogens is 3. The number of carbonyl (C=O) groups excluding carboxylic acids is 1. The molecule has 1 saturated carbocycles. The lowest BCUT2D eigenvalue weighted by atomic mass is 9.81. The predicted molar refractivity (Wildman–Crippen MR) is 122 cm³/mol. The number of rotatable bonds is 6. The van der Waals surface area contributed by atoms with Gasteiger partial charge in [0.2, 0.25) is 5.91 Å². The van der Waals surface area contributed by atoms with Gasteiger partial charge in [-0.05, 0) is 44.2 Å². The van der Waals surface area contributed by atoms with E-state index in [1.165, 1.54) is 6.07 Å². The molecule has 2 saturated heterocycles. The Labute approximate surface area is 199 Å². The molecular weight excluding hydrogens is 449 g/mol. The largest absolute Gasteiger partial charge is 0.433 e. The second-order valence-electron chi connectivity index (χ2n) is 9.64. The van der Waals surface area contributed by atoms with Crippen LogP contribution in [0.4, 0.5) is 19.0 Å². The van der Waals surface area contributed by atoms with Crippen molar-refractivity contribution in [3.8, 4) is 0 Å². The highest BCUT2D eigenvalue weighted by Gasteiger charge is 2.47. The van der Waals surface area contributed by atoms with Gasteiger partial charge in [0.25, 0.3) is 0 Å². The van der Waals surface area contributed by atoms with Gasteiger partial charge in [0, 0.05) is 52.0 Å². The molecule has 1 aliphatic carbocycles. The van der Waals surface area contributed by atoms with Crippen molar-refractivity contribution in [3.05, 3.63) is 23.9 Å². The Balaban J connectivity index is 1.35. The van der Waals surface area contributed by atoms with Crippen molar-refractivity contribution in [3.63, 3.8) is 0 Å². The Morgan fingerprint density at radius 2 is 2.03 bits per heavy atom. The summed E-state index contributed by atoms with van der Waals surface area (Å²) < 4.78 is 50.2. The fourth-order valence-corrected chi connectivity index (χ4v) is 5.60. The van der Waals surface area contributed by atoms with Gasteiger partial charge in [0.1, 0.15) is 11.5 Å². The lowest BCUT2D eigenvalue weighted by Crippen LogP contribution is -2.54. The molecule has 3 fully saturated rings. The average molecular weight is 485 g/mol. The number of piperazine rings is 1. The summed E-state index contributed by atoms with van der Waals surface area (Å²) in [4.78, 5) is 21.1. The molecule has 0 radical (unpaired) electrons. The number of pyridine rings is 1. The van der Waals surface area contributed by atoms with Crippen LogP contribution in [-0.4, -0.2) is 80.5 Å². The van der Waals surface area contributed by atoms with Crippen molar-refractivity contribution in [2.75, 3.05) is 51.4 Å². The van der Waals surface area contributed by atoms with Crippen molar-refractivity contribution in [2.24, 2.45) is 5.41 Å². The molecule has 1 N–H and O–H groups in total. The minimum atomic E-state index is -4.47. The number of hydrogen-bond donors (Lipinski definition) is 1. The number of anilines is 1. The molecule has 4 atom stereocenters. The molecule has 3 aliphatic rings. The molecule has 0 bridgehead atoms. The summed E-state index contributed by atoms with van der Waals surface area (Å²) in [5, 5.41) is 3.73. The van der Waals surface area contributed by atoms with Crippen LogP contribution in [0.3, 0.4) is 0 Å². The summed E-state index contributed by atoms with van der Waals surface area (Å²) in [7, 11) is 1.71. The minimum Gasteiger partial charge on any atom is -0.379 e. The maximum absolute atomic E-state index is 13.6. The van der Waals surface area contributed by atoms with Crippen molar-refractivity contribution >= 4 is 11.7 Å². The summed E-state index contributed by atoms with van der Waals surface area (Å²) in [5.74, 6) is 0.479. The first-order valence-corrected chi connectivity index (χ1v) is 12.2. The number of alkyl halides is 3. The van der Waals surface area contributed by atoms with Gasteiger partial charge in [-0.1, -0.05) is 13.0 Å². The highest BCUT2D eigenvalue weighted by atomic mass is 19.4. The molecule has 2 unspecified atom stereocenters. The Morgan fingerprint density at radius 3 is 2.71 bits per heavy atom. The van der Waals surface area contributed by atoms with Gasteiger partial charge in [-0.25, -0.2) is 4.98 Å². The van der Waals surface area contributed by atoms with Crippen LogP contribution < -0.4 is 10.2 Å². The fourth-order valence-electron chi connectivity index (χ4n) is 5.60. The van der Waals surface area contributed by atoms with E-state index in [1.807, 2.05) is 9.80 Å². The van der Waals surface area contributed by atoms with Gasteiger partial charge in [-0.15, -0.1) is 0 Å². The first kappa shape index (κ1) is 25.2. The molecule has 2 aliphatic heterocycles. The predicted octanol–water partition coefficient (Wildman–Crippen LogP) is 3.09. The third-order valence-corrected chi connectivity index (χ3v) is 7.71. The topological polar surface area (TPSA) is 66.9 Å². The summed E-state index contributed by atoms with van der Waals surface area (Å²) in [6.07, 6.45) is -0.182. The van der Waals surface area contributed by atoms with Crippen LogP contribution in [0.15, 0.2) is 18.2 Å². The lowest BCUT2D eigenvalue weighted by Gasteiger charge is -2.40. The minimum absolute atomic E-state index is 0.0265. The first-order valence-electron chi connectivity index (χ1n) is 12.2. The molecule has 1 amide bonds. The highest BCUT2D eigenvalue weighted by molar-refractivity contribution is 5.83. The molecule has 3 heterocycles. The van der Waals surface area contributed by atoms with Crippen LogP contribution >= 0.6 is 0 Å². The van der Waals surface area contributed by atoms with Crippen LogP contribution in [0.1, 0.15) is 44.7 Å². The van der Waals surface area contributed by atoms with Crippen LogP contribution in [0.5, 0.6) is 0 Å². The van der Waals surface area contributed by atoms with Crippen LogP contribution in [0.25, 0.3) is 0 Å². The highest BCUT2D eigenvalue weighted by Crippen LogP contribution is 2.43. The molecule has 34 heavy (non-hydrogen) atoms. The zero-order valence-electron chi connectivity index (χ0n) is 19.9. The Morgan fingerprint density at radius 1 is 1.26 bits per heavy atom. The zero-order valence-corrected chi connectivity index (χ0v) is 19.9. The SMILES string of the molecule is CCC1(C(=O)N2CCN(c3cccc(C(F)(F)F)n3)CC2)CC[C@H](NC2CCOC[C@H]2OC)C1. The van der Waals surface area contributed by atoms with E-state index < -0.39 is 11.9 Å². The molecular formula is C24H35F3N4O3. The number of methoxy groups -OCH3 is 1. The molecule has 1 aromatic rings. The smallest absolute Gasteiger partial charge is 0.379 e. The van der Waals surface area contributed by atoms with E-state index in [0.29, 0.717) is 45.2 Å². The number of nitrogens with zero attached hydrogens (tertiary/aromatic N) is 3. The van der Waals surface area contributed by atoms with Gasteiger partial charge >= 0.3 is 6.18 Å². The van der Waals surface area contributed by atoms with Gasteiger partial charge in [0.15, 0.2) is 0 Å². The molecule has 190 valence electrons. The van der Waals surface area contributed by atoms with E-state index in [1.54, 1.807) is 13.2 Å².